The molecule has 1 amide bonds. The molecule has 4 aromatic heterocycles. The lowest BCUT2D eigenvalue weighted by atomic mass is 10.2. The van der Waals surface area contributed by atoms with Crippen molar-refractivity contribution in [2.45, 2.75) is 6.18 Å². The molecule has 3 N–H and O–H groups in total. The zero-order chi connectivity index (χ0) is 22.2. The number of alkyl halides is 3. The molecule has 158 valence electrons. The van der Waals surface area contributed by atoms with E-state index in [1.807, 2.05) is 0 Å². The Bertz CT molecular complexity index is 1240. The second-order valence-electron chi connectivity index (χ2n) is 6.06. The molecule has 14 heteroatoms. The minimum Gasteiger partial charge on any atom is -0.384 e. The van der Waals surface area contributed by atoms with Crippen LogP contribution in [-0.2, 0) is 6.18 Å². The molecule has 0 bridgehead atoms. The van der Waals surface area contributed by atoms with E-state index in [9.17, 15) is 18.0 Å². The molecule has 4 rings (SSSR count). The zero-order valence-corrected chi connectivity index (χ0v) is 16.0. The average Bonchev–Trinajstić information content (AvgIpc) is 3.38. The molecular formula is C17H11ClF3N9O. The largest absolute Gasteiger partial charge is 0.434 e. The predicted octanol–water partition coefficient (Wildman–Crippen LogP) is 2.75. The topological polar surface area (TPSA) is 129 Å². The molecule has 0 fully saturated rings. The molecule has 0 aliphatic carbocycles. The van der Waals surface area contributed by atoms with Gasteiger partial charge in [-0.25, -0.2) is 14.6 Å². The number of nitrogen functional groups attached to an aromatic ring is 1. The van der Waals surface area contributed by atoms with E-state index in [-0.39, 0.29) is 28.0 Å². The minimum absolute atomic E-state index is 0.0126. The molecule has 10 nitrogen and oxygen atoms in total. The van der Waals surface area contributed by atoms with Gasteiger partial charge in [-0.1, -0.05) is 11.6 Å². The number of amides is 1. The van der Waals surface area contributed by atoms with Crippen LogP contribution in [0.25, 0.3) is 11.5 Å². The predicted molar refractivity (Wildman–Crippen MR) is 103 cm³/mol. The van der Waals surface area contributed by atoms with Crippen molar-refractivity contribution >= 4 is 29.0 Å². The number of rotatable bonds is 4. The van der Waals surface area contributed by atoms with E-state index >= 15 is 0 Å². The second kappa shape index (κ2) is 7.68. The molecule has 0 aromatic carbocycles. The molecule has 0 atom stereocenters. The van der Waals surface area contributed by atoms with Crippen molar-refractivity contribution in [2.24, 2.45) is 0 Å². The number of hydrogen-bond donors (Lipinski definition) is 2. The van der Waals surface area contributed by atoms with Crippen LogP contribution in [0.5, 0.6) is 0 Å². The number of halogens is 4. The molecule has 0 aliphatic heterocycles. The van der Waals surface area contributed by atoms with Gasteiger partial charge in [-0.15, -0.1) is 4.80 Å². The minimum atomic E-state index is -4.88. The van der Waals surface area contributed by atoms with Crippen LogP contribution in [0.2, 0.25) is 5.02 Å². The monoisotopic (exact) mass is 449 g/mol. The first-order valence-electron chi connectivity index (χ1n) is 8.45. The van der Waals surface area contributed by atoms with Crippen LogP contribution in [0.4, 0.5) is 24.7 Å². The zero-order valence-electron chi connectivity index (χ0n) is 15.2. The van der Waals surface area contributed by atoms with Gasteiger partial charge in [0.2, 0.25) is 0 Å². The fourth-order valence-corrected chi connectivity index (χ4v) is 2.92. The Labute approximate surface area is 176 Å². The Morgan fingerprint density at radius 3 is 2.42 bits per heavy atom. The van der Waals surface area contributed by atoms with Gasteiger partial charge in [0.15, 0.2) is 11.5 Å². The summed E-state index contributed by atoms with van der Waals surface area (Å²) in [7, 11) is 0. The highest BCUT2D eigenvalue weighted by Crippen LogP contribution is 2.34. The summed E-state index contributed by atoms with van der Waals surface area (Å²) in [6.45, 7) is 0. The number of aromatic nitrogens is 7. The van der Waals surface area contributed by atoms with Gasteiger partial charge in [0.25, 0.3) is 5.91 Å². The van der Waals surface area contributed by atoms with Crippen LogP contribution in [0.1, 0.15) is 16.1 Å². The van der Waals surface area contributed by atoms with E-state index in [0.717, 1.165) is 17.2 Å². The van der Waals surface area contributed by atoms with Crippen molar-refractivity contribution in [3.8, 4) is 11.5 Å². The molecular weight excluding hydrogens is 439 g/mol. The standard InChI is InChI=1S/C17H11ClF3N9O/c18-12-5-9(6-24-15(12)30-25-3-4-26-30)28-16(31)11-8-27-29(14(11)17(19,20)21)10-1-2-13(22)23-7-10/h1-8H,(H2,22,23)(H,28,31). The molecule has 0 aliphatic rings. The van der Waals surface area contributed by atoms with Gasteiger partial charge < -0.3 is 11.1 Å². The lowest BCUT2D eigenvalue weighted by Crippen LogP contribution is -2.21. The van der Waals surface area contributed by atoms with E-state index in [0.29, 0.717) is 4.68 Å². The SMILES string of the molecule is Nc1ccc(-n2ncc(C(=O)Nc3cnc(-n4nccn4)c(Cl)c3)c2C(F)(F)F)cn1. The number of nitrogens with zero attached hydrogens (tertiary/aromatic N) is 7. The lowest BCUT2D eigenvalue weighted by Gasteiger charge is -2.13. The molecule has 4 heterocycles. The van der Waals surface area contributed by atoms with E-state index in [1.165, 1.54) is 36.8 Å². The summed E-state index contributed by atoms with van der Waals surface area (Å²) >= 11 is 6.12. The Morgan fingerprint density at radius 1 is 1.06 bits per heavy atom. The fourth-order valence-electron chi connectivity index (χ4n) is 2.68. The number of nitrogens with one attached hydrogen (secondary N) is 1. The van der Waals surface area contributed by atoms with Crippen LogP contribution in [0.3, 0.4) is 0 Å². The van der Waals surface area contributed by atoms with Gasteiger partial charge in [-0.3, -0.25) is 4.79 Å². The summed E-state index contributed by atoms with van der Waals surface area (Å²) in [6, 6.07) is 3.94. The van der Waals surface area contributed by atoms with Crippen molar-refractivity contribution in [1.82, 2.24) is 34.7 Å². The number of carbonyl (C=O) groups excluding carboxylic acids is 1. The van der Waals surface area contributed by atoms with E-state index in [4.69, 9.17) is 17.3 Å². The fraction of sp³-hybridized carbons (Fsp3) is 0.0588. The third-order valence-electron chi connectivity index (χ3n) is 3.99. The number of anilines is 2. The second-order valence-corrected chi connectivity index (χ2v) is 6.47. The van der Waals surface area contributed by atoms with Crippen LogP contribution in [-0.4, -0.2) is 40.6 Å². The molecule has 0 saturated heterocycles. The maximum absolute atomic E-state index is 13.7. The summed E-state index contributed by atoms with van der Waals surface area (Å²) in [5.41, 5.74) is 3.56. The van der Waals surface area contributed by atoms with Crippen molar-refractivity contribution in [3.63, 3.8) is 0 Å². The molecule has 0 radical (unpaired) electrons. The van der Waals surface area contributed by atoms with Gasteiger partial charge >= 0.3 is 6.18 Å². The van der Waals surface area contributed by atoms with Gasteiger partial charge in [-0.05, 0) is 18.2 Å². The van der Waals surface area contributed by atoms with Gasteiger partial charge in [-0.2, -0.15) is 28.5 Å². The quantitative estimate of drug-likeness (QED) is 0.490. The first-order valence-corrected chi connectivity index (χ1v) is 8.82. The summed E-state index contributed by atoms with van der Waals surface area (Å²) in [6.07, 6.45) is 1.10. The van der Waals surface area contributed by atoms with Crippen LogP contribution in [0.15, 0.2) is 49.2 Å². The maximum Gasteiger partial charge on any atom is 0.434 e. The molecule has 0 spiro atoms. The van der Waals surface area contributed by atoms with Crippen LogP contribution >= 0.6 is 11.6 Å². The van der Waals surface area contributed by atoms with E-state index < -0.39 is 23.3 Å². The Kier molecular flexibility index (Phi) is 5.02. The van der Waals surface area contributed by atoms with Crippen molar-refractivity contribution in [1.29, 1.82) is 0 Å². The van der Waals surface area contributed by atoms with Crippen molar-refractivity contribution in [3.05, 3.63) is 65.5 Å². The van der Waals surface area contributed by atoms with Gasteiger partial charge in [0.1, 0.15) is 5.82 Å². The first kappa shape index (κ1) is 20.3. The lowest BCUT2D eigenvalue weighted by molar-refractivity contribution is -0.143. The van der Waals surface area contributed by atoms with E-state index in [2.05, 4.69) is 30.6 Å². The number of hydrogen-bond acceptors (Lipinski definition) is 7. The average molecular weight is 450 g/mol. The summed E-state index contributed by atoms with van der Waals surface area (Å²) in [4.78, 5) is 21.5. The maximum atomic E-state index is 13.7. The third-order valence-corrected chi connectivity index (χ3v) is 4.26. The Balaban J connectivity index is 1.66. The highest BCUT2D eigenvalue weighted by molar-refractivity contribution is 6.32. The van der Waals surface area contributed by atoms with E-state index in [1.54, 1.807) is 0 Å². The summed E-state index contributed by atoms with van der Waals surface area (Å²) < 4.78 is 41.8. The van der Waals surface area contributed by atoms with Crippen LogP contribution in [0, 0.1) is 0 Å². The van der Waals surface area contributed by atoms with Crippen molar-refractivity contribution < 1.29 is 18.0 Å². The molecule has 0 unspecified atom stereocenters. The highest BCUT2D eigenvalue weighted by Gasteiger charge is 2.40. The van der Waals surface area contributed by atoms with Crippen LogP contribution < -0.4 is 11.1 Å². The third kappa shape index (κ3) is 4.02. The molecule has 31 heavy (non-hydrogen) atoms. The Morgan fingerprint density at radius 2 is 1.81 bits per heavy atom. The highest BCUT2D eigenvalue weighted by atomic mass is 35.5. The van der Waals surface area contributed by atoms with Gasteiger partial charge in [0.05, 0.1) is 52.9 Å². The molecule has 0 saturated carbocycles. The summed E-state index contributed by atoms with van der Waals surface area (Å²) in [5, 5.41) is 13.9. The normalized spacial score (nSPS) is 11.5. The Hall–Kier alpha value is -4.00. The summed E-state index contributed by atoms with van der Waals surface area (Å²) in [5.74, 6) is -0.741. The number of carbonyl (C=O) groups is 1. The van der Waals surface area contributed by atoms with Crippen molar-refractivity contribution in [2.75, 3.05) is 11.1 Å². The van der Waals surface area contributed by atoms with Gasteiger partial charge in [0, 0.05) is 0 Å². The smallest absolute Gasteiger partial charge is 0.384 e. The number of pyridine rings is 2. The molecule has 4 aromatic rings. The first-order chi connectivity index (χ1) is 14.7. The number of nitrogens with two attached hydrogens (primary N) is 1.